The molecule has 0 aliphatic rings. The van der Waals surface area contributed by atoms with Crippen LogP contribution in [0, 0.1) is 0 Å². The minimum atomic E-state index is -0.347. The van der Waals surface area contributed by atoms with E-state index in [1.54, 1.807) is 22.0 Å². The molecule has 0 spiro atoms. The third-order valence-electron chi connectivity index (χ3n) is 3.50. The maximum atomic E-state index is 12.9. The van der Waals surface area contributed by atoms with Crippen LogP contribution in [0.1, 0.15) is 57.7 Å². The van der Waals surface area contributed by atoms with Gasteiger partial charge in [-0.3, -0.25) is 9.78 Å². The van der Waals surface area contributed by atoms with Gasteiger partial charge in [-0.2, -0.15) is 0 Å². The van der Waals surface area contributed by atoms with Crippen LogP contribution in [0.15, 0.2) is 30.6 Å². The van der Waals surface area contributed by atoms with Gasteiger partial charge in [0.1, 0.15) is 0 Å². The van der Waals surface area contributed by atoms with E-state index >= 15 is 0 Å². The van der Waals surface area contributed by atoms with Crippen molar-refractivity contribution in [1.82, 2.24) is 24.9 Å². The highest BCUT2D eigenvalue weighted by atomic mass is 16.2. The van der Waals surface area contributed by atoms with Gasteiger partial charge in [-0.25, -0.2) is 4.68 Å². The first kappa shape index (κ1) is 17.1. The summed E-state index contributed by atoms with van der Waals surface area (Å²) in [5.41, 5.74) is 0.643. The summed E-state index contributed by atoms with van der Waals surface area (Å²) in [7, 11) is 0. The molecule has 0 saturated carbocycles. The van der Waals surface area contributed by atoms with Crippen LogP contribution >= 0.6 is 0 Å². The van der Waals surface area contributed by atoms with Gasteiger partial charge in [-0.05, 0) is 53.7 Å². The molecule has 1 amide bonds. The number of aromatic nitrogens is 4. The molecule has 0 radical (unpaired) electrons. The number of carbonyl (C=O) groups is 1. The van der Waals surface area contributed by atoms with Crippen LogP contribution in [-0.4, -0.2) is 36.3 Å². The van der Waals surface area contributed by atoms with Gasteiger partial charge in [0.15, 0.2) is 5.69 Å². The van der Waals surface area contributed by atoms with E-state index in [2.05, 4.69) is 15.3 Å². The Hall–Kier alpha value is -2.24. The molecule has 124 valence electrons. The summed E-state index contributed by atoms with van der Waals surface area (Å²) in [5.74, 6) is -0.140. The summed E-state index contributed by atoms with van der Waals surface area (Å²) < 4.78 is 1.71. The number of amides is 1. The Morgan fingerprint density at radius 2 is 1.87 bits per heavy atom. The molecule has 2 heterocycles. The summed E-state index contributed by atoms with van der Waals surface area (Å²) in [4.78, 5) is 19.0. The zero-order valence-electron chi connectivity index (χ0n) is 14.7. The second-order valence-electron chi connectivity index (χ2n) is 7.60. The predicted octanol–water partition coefficient (Wildman–Crippen LogP) is 2.87. The van der Waals surface area contributed by atoms with E-state index in [0.29, 0.717) is 12.2 Å². The number of hydrogen-bond acceptors (Lipinski definition) is 4. The lowest BCUT2D eigenvalue weighted by molar-refractivity contribution is 0.0549. The molecule has 0 aliphatic heterocycles. The van der Waals surface area contributed by atoms with Gasteiger partial charge in [-0.15, -0.1) is 5.10 Å². The van der Waals surface area contributed by atoms with E-state index < -0.39 is 0 Å². The van der Waals surface area contributed by atoms with Gasteiger partial charge >= 0.3 is 0 Å². The van der Waals surface area contributed by atoms with Gasteiger partial charge in [0, 0.05) is 11.7 Å². The summed E-state index contributed by atoms with van der Waals surface area (Å²) in [6, 6.07) is 5.70. The number of pyridine rings is 1. The largest absolute Gasteiger partial charge is 0.326 e. The van der Waals surface area contributed by atoms with Crippen molar-refractivity contribution in [2.75, 3.05) is 0 Å². The highest BCUT2D eigenvalue weighted by Crippen LogP contribution is 2.20. The Morgan fingerprint density at radius 1 is 1.17 bits per heavy atom. The Morgan fingerprint density at radius 3 is 2.35 bits per heavy atom. The van der Waals surface area contributed by atoms with E-state index in [0.717, 1.165) is 5.69 Å². The third-order valence-corrected chi connectivity index (χ3v) is 3.50. The van der Waals surface area contributed by atoms with E-state index in [1.807, 2.05) is 59.7 Å². The standard InChI is InChI=1S/C17H25N5O/c1-16(2,3)21(11-13-9-7-8-10-18-13)15(23)14-12-22(20-19-14)17(4,5)6/h7-10,12H,11H2,1-6H3. The topological polar surface area (TPSA) is 63.9 Å². The van der Waals surface area contributed by atoms with Crippen molar-refractivity contribution in [3.8, 4) is 0 Å². The lowest BCUT2D eigenvalue weighted by Gasteiger charge is -2.35. The van der Waals surface area contributed by atoms with E-state index in [-0.39, 0.29) is 17.0 Å². The highest BCUT2D eigenvalue weighted by Gasteiger charge is 2.30. The van der Waals surface area contributed by atoms with Gasteiger partial charge < -0.3 is 4.90 Å². The molecule has 0 fully saturated rings. The zero-order valence-corrected chi connectivity index (χ0v) is 14.7. The molecule has 0 unspecified atom stereocenters. The maximum Gasteiger partial charge on any atom is 0.276 e. The molecular formula is C17H25N5O. The molecule has 0 saturated heterocycles. The number of nitrogens with zero attached hydrogens (tertiary/aromatic N) is 5. The molecule has 0 N–H and O–H groups in total. The average molecular weight is 315 g/mol. The second kappa shape index (κ2) is 6.10. The Bertz CT molecular complexity index is 664. The normalized spacial score (nSPS) is 12.3. The van der Waals surface area contributed by atoms with Crippen LogP contribution in [0.25, 0.3) is 0 Å². The van der Waals surface area contributed by atoms with Gasteiger partial charge in [0.2, 0.25) is 0 Å². The molecule has 0 atom stereocenters. The minimum absolute atomic E-state index is 0.140. The van der Waals surface area contributed by atoms with Crippen LogP contribution in [0.5, 0.6) is 0 Å². The first-order valence-electron chi connectivity index (χ1n) is 7.74. The predicted molar refractivity (Wildman–Crippen MR) is 88.9 cm³/mol. The molecule has 0 bridgehead atoms. The smallest absolute Gasteiger partial charge is 0.276 e. The monoisotopic (exact) mass is 315 g/mol. The van der Waals surface area contributed by atoms with E-state index in [9.17, 15) is 4.79 Å². The summed E-state index contributed by atoms with van der Waals surface area (Å²) in [5, 5.41) is 8.14. The van der Waals surface area contributed by atoms with Crippen LogP contribution in [0.2, 0.25) is 0 Å². The first-order valence-corrected chi connectivity index (χ1v) is 7.74. The Labute approximate surface area is 137 Å². The lowest BCUT2D eigenvalue weighted by atomic mass is 10.0. The molecule has 6 nitrogen and oxygen atoms in total. The quantitative estimate of drug-likeness (QED) is 0.873. The van der Waals surface area contributed by atoms with Crippen molar-refractivity contribution >= 4 is 5.91 Å². The summed E-state index contributed by atoms with van der Waals surface area (Å²) in [6.45, 7) is 12.5. The van der Waals surface area contributed by atoms with Crippen LogP contribution in [-0.2, 0) is 12.1 Å². The van der Waals surface area contributed by atoms with E-state index in [1.165, 1.54) is 0 Å². The van der Waals surface area contributed by atoms with Crippen molar-refractivity contribution in [1.29, 1.82) is 0 Å². The fourth-order valence-corrected chi connectivity index (χ4v) is 2.10. The minimum Gasteiger partial charge on any atom is -0.326 e. The number of hydrogen-bond donors (Lipinski definition) is 0. The third kappa shape index (κ3) is 4.15. The molecular weight excluding hydrogens is 290 g/mol. The van der Waals surface area contributed by atoms with Gasteiger partial charge in [0.05, 0.1) is 24.0 Å². The molecule has 0 aromatic carbocycles. The van der Waals surface area contributed by atoms with Crippen LogP contribution in [0.3, 0.4) is 0 Å². The molecule has 2 rings (SSSR count). The number of carbonyl (C=O) groups excluding carboxylic acids is 1. The fraction of sp³-hybridized carbons (Fsp3) is 0.529. The van der Waals surface area contributed by atoms with Gasteiger partial charge in [0.25, 0.3) is 5.91 Å². The summed E-state index contributed by atoms with van der Waals surface area (Å²) >= 11 is 0. The van der Waals surface area contributed by atoms with Crippen molar-refractivity contribution in [3.05, 3.63) is 42.0 Å². The average Bonchev–Trinajstić information content (AvgIpc) is 2.94. The van der Waals surface area contributed by atoms with Crippen molar-refractivity contribution in [3.63, 3.8) is 0 Å². The lowest BCUT2D eigenvalue weighted by Crippen LogP contribution is -2.45. The Kier molecular flexibility index (Phi) is 4.54. The first-order chi connectivity index (χ1) is 10.6. The number of rotatable bonds is 3. The van der Waals surface area contributed by atoms with Crippen molar-refractivity contribution < 1.29 is 4.79 Å². The fourth-order valence-electron chi connectivity index (χ4n) is 2.10. The van der Waals surface area contributed by atoms with Gasteiger partial charge in [-0.1, -0.05) is 11.3 Å². The second-order valence-corrected chi connectivity index (χ2v) is 7.60. The molecule has 23 heavy (non-hydrogen) atoms. The van der Waals surface area contributed by atoms with Crippen molar-refractivity contribution in [2.45, 2.75) is 59.2 Å². The van der Waals surface area contributed by atoms with Crippen LogP contribution in [0.4, 0.5) is 0 Å². The summed E-state index contributed by atoms with van der Waals surface area (Å²) in [6.07, 6.45) is 3.44. The molecule has 2 aromatic rings. The molecule has 2 aromatic heterocycles. The van der Waals surface area contributed by atoms with Crippen molar-refractivity contribution in [2.24, 2.45) is 0 Å². The SMILES string of the molecule is CC(C)(C)N(Cc1ccccn1)C(=O)c1cn(C(C)(C)C)nn1. The van der Waals surface area contributed by atoms with E-state index in [4.69, 9.17) is 0 Å². The zero-order chi connectivity index (χ0) is 17.3. The highest BCUT2D eigenvalue weighted by molar-refractivity contribution is 5.92. The molecule has 6 heteroatoms. The van der Waals surface area contributed by atoms with Crippen LogP contribution < -0.4 is 0 Å². The molecule has 0 aliphatic carbocycles. The maximum absolute atomic E-state index is 12.9. The Balaban J connectivity index is 2.29.